The highest BCUT2D eigenvalue weighted by Crippen LogP contribution is 2.20. The molecule has 1 aromatic carbocycles. The van der Waals surface area contributed by atoms with Gasteiger partial charge in [-0.2, -0.15) is 0 Å². The maximum atomic E-state index is 13.2. The molecule has 0 aliphatic heterocycles. The van der Waals surface area contributed by atoms with Crippen LogP contribution in [0.1, 0.15) is 37.6 Å². The van der Waals surface area contributed by atoms with Gasteiger partial charge in [0.1, 0.15) is 0 Å². The molecule has 6 nitrogen and oxygen atoms in total. The number of rotatable bonds is 10. The summed E-state index contributed by atoms with van der Waals surface area (Å²) in [6, 6.07) is 13.3. The summed E-state index contributed by atoms with van der Waals surface area (Å²) >= 11 is 0. The lowest BCUT2D eigenvalue weighted by Crippen LogP contribution is -2.25. The summed E-state index contributed by atoms with van der Waals surface area (Å²) in [5.74, 6) is 0.260. The van der Waals surface area contributed by atoms with Crippen molar-refractivity contribution in [3.8, 4) is 0 Å². The fourth-order valence-electron chi connectivity index (χ4n) is 3.44. The lowest BCUT2D eigenvalue weighted by Gasteiger charge is -2.22. The van der Waals surface area contributed by atoms with Gasteiger partial charge in [-0.3, -0.25) is 9.88 Å². The Bertz CT molecular complexity index is 1030. The average Bonchev–Trinajstić information content (AvgIpc) is 3.11. The number of hydrogen-bond acceptors (Lipinski definition) is 5. The predicted molar refractivity (Wildman–Crippen MR) is 118 cm³/mol. The second-order valence-corrected chi connectivity index (χ2v) is 9.82. The van der Waals surface area contributed by atoms with Crippen LogP contribution in [0.15, 0.2) is 66.2 Å². The Labute approximate surface area is 179 Å². The maximum Gasteiger partial charge on any atom is 0.228 e. The van der Waals surface area contributed by atoms with Crippen LogP contribution < -0.4 is 0 Å². The lowest BCUT2D eigenvalue weighted by molar-refractivity contribution is 0.261. The van der Waals surface area contributed by atoms with E-state index in [0.29, 0.717) is 19.0 Å². The van der Waals surface area contributed by atoms with Crippen molar-refractivity contribution in [3.63, 3.8) is 0 Å². The van der Waals surface area contributed by atoms with Crippen LogP contribution in [0.2, 0.25) is 0 Å². The van der Waals surface area contributed by atoms with Crippen molar-refractivity contribution in [2.24, 2.45) is 5.92 Å². The number of imidazole rings is 1. The highest BCUT2D eigenvalue weighted by molar-refractivity contribution is 7.90. The first kappa shape index (κ1) is 22.2. The largest absolute Gasteiger partial charge is 0.317 e. The number of pyridine rings is 1. The van der Waals surface area contributed by atoms with Gasteiger partial charge in [0.05, 0.1) is 17.6 Å². The standard InChI is InChI=1S/C23H30N4O2S/c1-4-26(16-20-10-12-24-13-11-20)17-22-14-25-23(27(22)15-19(2)3)30(28,29)18-21-8-6-5-7-9-21/h5-14,19H,4,15-18H2,1-3H3. The minimum Gasteiger partial charge on any atom is -0.317 e. The second-order valence-electron chi connectivity index (χ2n) is 7.94. The summed E-state index contributed by atoms with van der Waals surface area (Å²) < 4.78 is 28.2. The number of aromatic nitrogens is 3. The molecule has 2 heterocycles. The zero-order valence-corrected chi connectivity index (χ0v) is 18.7. The summed E-state index contributed by atoms with van der Waals surface area (Å²) in [6.07, 6.45) is 5.30. The van der Waals surface area contributed by atoms with Crippen LogP contribution in [0.5, 0.6) is 0 Å². The van der Waals surface area contributed by atoms with Gasteiger partial charge in [-0.15, -0.1) is 0 Å². The zero-order valence-electron chi connectivity index (χ0n) is 17.9. The van der Waals surface area contributed by atoms with Crippen molar-refractivity contribution in [2.75, 3.05) is 6.54 Å². The summed E-state index contributed by atoms with van der Waals surface area (Å²) in [5, 5.41) is 0.162. The number of hydrogen-bond donors (Lipinski definition) is 0. The van der Waals surface area contributed by atoms with Crippen LogP contribution in [-0.2, 0) is 35.2 Å². The fourth-order valence-corrected chi connectivity index (χ4v) is 4.94. The predicted octanol–water partition coefficient (Wildman–Crippen LogP) is 3.93. The molecular weight excluding hydrogens is 396 g/mol. The first-order valence-electron chi connectivity index (χ1n) is 10.3. The highest BCUT2D eigenvalue weighted by atomic mass is 32.2. The molecule has 3 rings (SSSR count). The molecule has 0 bridgehead atoms. The van der Waals surface area contributed by atoms with E-state index in [-0.39, 0.29) is 10.9 Å². The minimum absolute atomic E-state index is 0.0447. The summed E-state index contributed by atoms with van der Waals surface area (Å²) in [5.41, 5.74) is 2.87. The Morgan fingerprint density at radius 1 is 1.00 bits per heavy atom. The first-order chi connectivity index (χ1) is 14.4. The molecule has 2 aromatic heterocycles. The van der Waals surface area contributed by atoms with Crippen molar-refractivity contribution < 1.29 is 8.42 Å². The third kappa shape index (κ3) is 5.77. The molecule has 0 fully saturated rings. The Hall–Kier alpha value is -2.51. The molecule has 0 aliphatic rings. The Kier molecular flexibility index (Phi) is 7.39. The van der Waals surface area contributed by atoms with Crippen molar-refractivity contribution in [3.05, 3.63) is 77.9 Å². The minimum atomic E-state index is -3.55. The molecule has 7 heteroatoms. The van der Waals surface area contributed by atoms with Gasteiger partial charge in [-0.25, -0.2) is 13.4 Å². The molecular formula is C23H30N4O2S. The molecule has 0 radical (unpaired) electrons. The van der Waals surface area contributed by atoms with Gasteiger partial charge in [0.15, 0.2) is 0 Å². The Balaban J connectivity index is 1.87. The lowest BCUT2D eigenvalue weighted by atomic mass is 10.2. The maximum absolute atomic E-state index is 13.2. The summed E-state index contributed by atoms with van der Waals surface area (Å²) in [6.45, 7) is 9.17. The molecule has 0 spiro atoms. The molecule has 30 heavy (non-hydrogen) atoms. The second kappa shape index (κ2) is 10.00. The Morgan fingerprint density at radius 2 is 1.70 bits per heavy atom. The number of benzene rings is 1. The van der Waals surface area contributed by atoms with Crippen molar-refractivity contribution >= 4 is 9.84 Å². The SMILES string of the molecule is CCN(Cc1ccncc1)Cc1cnc(S(=O)(=O)Cc2ccccc2)n1CC(C)C. The van der Waals surface area contributed by atoms with E-state index in [2.05, 4.69) is 35.6 Å². The molecule has 0 atom stereocenters. The molecule has 0 saturated heterocycles. The topological polar surface area (TPSA) is 68.1 Å². The van der Waals surface area contributed by atoms with Crippen LogP contribution in [0.25, 0.3) is 0 Å². The molecule has 0 N–H and O–H groups in total. The van der Waals surface area contributed by atoms with Gasteiger partial charge >= 0.3 is 0 Å². The van der Waals surface area contributed by atoms with Crippen molar-refractivity contribution in [1.82, 2.24) is 19.4 Å². The quantitative estimate of drug-likeness (QED) is 0.491. The van der Waals surface area contributed by atoms with E-state index >= 15 is 0 Å². The van der Waals surface area contributed by atoms with Gasteiger partial charge < -0.3 is 4.57 Å². The number of nitrogens with zero attached hydrogens (tertiary/aromatic N) is 4. The van der Waals surface area contributed by atoms with Gasteiger partial charge in [0, 0.05) is 32.0 Å². The fraction of sp³-hybridized carbons (Fsp3) is 0.391. The van der Waals surface area contributed by atoms with E-state index < -0.39 is 9.84 Å². The third-order valence-electron chi connectivity index (χ3n) is 4.92. The van der Waals surface area contributed by atoms with E-state index in [0.717, 1.165) is 24.3 Å². The molecule has 0 amide bonds. The van der Waals surface area contributed by atoms with Gasteiger partial charge in [-0.1, -0.05) is 51.1 Å². The molecule has 160 valence electrons. The van der Waals surface area contributed by atoms with Crippen LogP contribution in [0.3, 0.4) is 0 Å². The molecule has 0 saturated carbocycles. The van der Waals surface area contributed by atoms with Crippen LogP contribution in [0, 0.1) is 5.92 Å². The molecule has 0 aliphatic carbocycles. The van der Waals surface area contributed by atoms with Crippen molar-refractivity contribution in [1.29, 1.82) is 0 Å². The first-order valence-corrected chi connectivity index (χ1v) is 12.0. The molecule has 0 unspecified atom stereocenters. The monoisotopic (exact) mass is 426 g/mol. The van der Waals surface area contributed by atoms with Crippen LogP contribution in [-0.4, -0.2) is 34.4 Å². The van der Waals surface area contributed by atoms with E-state index in [4.69, 9.17) is 0 Å². The summed E-state index contributed by atoms with van der Waals surface area (Å²) in [4.78, 5) is 10.7. The van der Waals surface area contributed by atoms with E-state index in [1.165, 1.54) is 5.56 Å². The number of sulfone groups is 1. The Morgan fingerprint density at radius 3 is 2.33 bits per heavy atom. The molecule has 3 aromatic rings. The normalized spacial score (nSPS) is 12.0. The van der Waals surface area contributed by atoms with Gasteiger partial charge in [0.2, 0.25) is 15.0 Å². The smallest absolute Gasteiger partial charge is 0.228 e. The zero-order chi connectivity index (χ0) is 21.6. The third-order valence-corrected chi connectivity index (χ3v) is 6.51. The van der Waals surface area contributed by atoms with E-state index in [9.17, 15) is 8.42 Å². The van der Waals surface area contributed by atoms with Gasteiger partial charge in [-0.05, 0) is 35.7 Å². The highest BCUT2D eigenvalue weighted by Gasteiger charge is 2.25. The summed E-state index contributed by atoms with van der Waals surface area (Å²) in [7, 11) is -3.55. The van der Waals surface area contributed by atoms with Crippen LogP contribution in [0.4, 0.5) is 0 Å². The van der Waals surface area contributed by atoms with Gasteiger partial charge in [0.25, 0.3) is 0 Å². The van der Waals surface area contributed by atoms with Crippen molar-refractivity contribution in [2.45, 2.75) is 51.3 Å². The average molecular weight is 427 g/mol. The van der Waals surface area contributed by atoms with E-state index in [1.807, 2.05) is 47.0 Å². The van der Waals surface area contributed by atoms with E-state index in [1.54, 1.807) is 18.6 Å². The van der Waals surface area contributed by atoms with Crippen LogP contribution >= 0.6 is 0 Å².